The van der Waals surface area contributed by atoms with Gasteiger partial charge in [0.05, 0.1) is 4.75 Å². The summed E-state index contributed by atoms with van der Waals surface area (Å²) in [7, 11) is 0. The maximum atomic E-state index is 11.9. The van der Waals surface area contributed by atoms with Crippen LogP contribution in [0, 0.1) is 0 Å². The summed E-state index contributed by atoms with van der Waals surface area (Å²) in [6.45, 7) is 1.37. The molecule has 1 saturated heterocycles. The van der Waals surface area contributed by atoms with E-state index in [4.69, 9.17) is 10.9 Å². The second-order valence-electron chi connectivity index (χ2n) is 4.31. The van der Waals surface area contributed by atoms with E-state index < -0.39 is 0 Å². The van der Waals surface area contributed by atoms with Crippen LogP contribution in [-0.4, -0.2) is 58.0 Å². The van der Waals surface area contributed by atoms with Gasteiger partial charge in [-0.25, -0.2) is 0 Å². The topological polar surface area (TPSA) is 78.9 Å². The SMILES string of the molecule is CSCCC(=O)N1CCC(SC)(C(N)=NO)CC1. The first-order valence-corrected chi connectivity index (χ1v) is 8.51. The molecule has 1 amide bonds. The van der Waals surface area contributed by atoms with Gasteiger partial charge in [-0.2, -0.15) is 23.5 Å². The van der Waals surface area contributed by atoms with Gasteiger partial charge in [-0.3, -0.25) is 4.79 Å². The highest BCUT2D eigenvalue weighted by Gasteiger charge is 2.39. The zero-order valence-electron chi connectivity index (χ0n) is 10.9. The van der Waals surface area contributed by atoms with E-state index in [1.807, 2.05) is 17.4 Å². The molecule has 3 N–H and O–H groups in total. The van der Waals surface area contributed by atoms with Gasteiger partial charge < -0.3 is 15.8 Å². The number of carbonyl (C=O) groups is 1. The Morgan fingerprint density at radius 2 is 2.06 bits per heavy atom. The first-order valence-electron chi connectivity index (χ1n) is 5.89. The molecule has 18 heavy (non-hydrogen) atoms. The fourth-order valence-electron chi connectivity index (χ4n) is 2.12. The second kappa shape index (κ2) is 7.13. The van der Waals surface area contributed by atoms with Gasteiger partial charge in [0.2, 0.25) is 5.91 Å². The summed E-state index contributed by atoms with van der Waals surface area (Å²) in [6, 6.07) is 0. The van der Waals surface area contributed by atoms with Gasteiger partial charge in [0.25, 0.3) is 0 Å². The lowest BCUT2D eigenvalue weighted by atomic mass is 9.94. The number of nitrogens with zero attached hydrogens (tertiary/aromatic N) is 2. The van der Waals surface area contributed by atoms with Crippen LogP contribution in [-0.2, 0) is 4.79 Å². The van der Waals surface area contributed by atoms with Gasteiger partial charge in [0.15, 0.2) is 5.84 Å². The lowest BCUT2D eigenvalue weighted by Crippen LogP contribution is -2.51. The van der Waals surface area contributed by atoms with E-state index in [2.05, 4.69) is 5.16 Å². The highest BCUT2D eigenvalue weighted by atomic mass is 32.2. The standard InChI is InChI=1S/C11H21N3O2S2/c1-17-8-3-9(15)14-6-4-11(18-2,5-7-14)10(12)13-16/h16H,3-8H2,1-2H3,(H2,12,13). The maximum absolute atomic E-state index is 11.9. The van der Waals surface area contributed by atoms with Gasteiger partial charge in [-0.15, -0.1) is 0 Å². The molecule has 5 nitrogen and oxygen atoms in total. The minimum atomic E-state index is -0.314. The van der Waals surface area contributed by atoms with Crippen molar-refractivity contribution >= 4 is 35.3 Å². The second-order valence-corrected chi connectivity index (χ2v) is 6.48. The number of rotatable bonds is 5. The van der Waals surface area contributed by atoms with Gasteiger partial charge in [0, 0.05) is 25.3 Å². The molecule has 0 aromatic heterocycles. The third-order valence-corrected chi connectivity index (χ3v) is 5.42. The molecule has 1 fully saturated rings. The quantitative estimate of drug-likeness (QED) is 0.344. The summed E-state index contributed by atoms with van der Waals surface area (Å²) in [4.78, 5) is 13.8. The van der Waals surface area contributed by atoms with E-state index in [0.29, 0.717) is 19.5 Å². The first kappa shape index (κ1) is 15.5. The van der Waals surface area contributed by atoms with Crippen LogP contribution in [0.15, 0.2) is 5.16 Å². The van der Waals surface area contributed by atoms with Crippen molar-refractivity contribution in [1.82, 2.24) is 4.90 Å². The normalized spacial score (nSPS) is 19.9. The van der Waals surface area contributed by atoms with E-state index in [1.54, 1.807) is 23.5 Å². The average Bonchev–Trinajstić information content (AvgIpc) is 2.43. The number of hydrogen-bond donors (Lipinski definition) is 2. The Kier molecular flexibility index (Phi) is 6.14. The van der Waals surface area contributed by atoms with Crippen molar-refractivity contribution < 1.29 is 10.0 Å². The molecule has 0 atom stereocenters. The van der Waals surface area contributed by atoms with Crippen molar-refractivity contribution in [3.63, 3.8) is 0 Å². The lowest BCUT2D eigenvalue weighted by Gasteiger charge is -2.39. The molecule has 0 bridgehead atoms. The van der Waals surface area contributed by atoms with E-state index in [0.717, 1.165) is 18.6 Å². The average molecular weight is 291 g/mol. The minimum Gasteiger partial charge on any atom is -0.409 e. The van der Waals surface area contributed by atoms with Crippen LogP contribution in [0.4, 0.5) is 0 Å². The van der Waals surface area contributed by atoms with Crippen molar-refractivity contribution in [2.45, 2.75) is 24.0 Å². The largest absolute Gasteiger partial charge is 0.409 e. The molecule has 0 saturated carbocycles. The number of amidine groups is 1. The molecular formula is C11H21N3O2S2. The molecule has 0 spiro atoms. The summed E-state index contributed by atoms with van der Waals surface area (Å²) >= 11 is 3.28. The molecule has 1 aliphatic heterocycles. The number of nitrogens with two attached hydrogens (primary N) is 1. The van der Waals surface area contributed by atoms with Crippen molar-refractivity contribution in [2.75, 3.05) is 31.4 Å². The summed E-state index contributed by atoms with van der Waals surface area (Å²) < 4.78 is -0.314. The van der Waals surface area contributed by atoms with Crippen molar-refractivity contribution in [3.05, 3.63) is 0 Å². The third-order valence-electron chi connectivity index (χ3n) is 3.41. The lowest BCUT2D eigenvalue weighted by molar-refractivity contribution is -0.131. The molecule has 0 aromatic rings. The number of amides is 1. The van der Waals surface area contributed by atoms with Gasteiger partial charge in [-0.05, 0) is 25.4 Å². The Morgan fingerprint density at radius 3 is 2.50 bits per heavy atom. The number of carbonyl (C=O) groups excluding carboxylic acids is 1. The fraction of sp³-hybridized carbons (Fsp3) is 0.818. The number of piperidine rings is 1. The smallest absolute Gasteiger partial charge is 0.223 e. The molecule has 0 unspecified atom stereocenters. The summed E-state index contributed by atoms with van der Waals surface area (Å²) in [5.41, 5.74) is 5.77. The molecule has 0 aromatic carbocycles. The third kappa shape index (κ3) is 3.47. The van der Waals surface area contributed by atoms with Crippen LogP contribution in [0.1, 0.15) is 19.3 Å². The van der Waals surface area contributed by atoms with Crippen LogP contribution in [0.25, 0.3) is 0 Å². The molecule has 1 heterocycles. The first-order chi connectivity index (χ1) is 8.59. The molecule has 0 radical (unpaired) electrons. The monoisotopic (exact) mass is 291 g/mol. The van der Waals surface area contributed by atoms with Crippen LogP contribution in [0.3, 0.4) is 0 Å². The molecule has 1 aliphatic rings. The Balaban J connectivity index is 2.56. The maximum Gasteiger partial charge on any atom is 0.223 e. The molecule has 1 rings (SSSR count). The minimum absolute atomic E-state index is 0.207. The molecular weight excluding hydrogens is 270 g/mol. The predicted molar refractivity (Wildman–Crippen MR) is 78.5 cm³/mol. The summed E-state index contributed by atoms with van der Waals surface area (Å²) in [5.74, 6) is 1.34. The fourth-order valence-corrected chi connectivity index (χ4v) is 3.34. The van der Waals surface area contributed by atoms with E-state index in [-0.39, 0.29) is 16.5 Å². The Labute approximate surface area is 117 Å². The van der Waals surface area contributed by atoms with E-state index >= 15 is 0 Å². The highest BCUT2D eigenvalue weighted by molar-refractivity contribution is 8.00. The van der Waals surface area contributed by atoms with Crippen LogP contribution in [0.2, 0.25) is 0 Å². The molecule has 7 heteroatoms. The van der Waals surface area contributed by atoms with Gasteiger partial charge in [-0.1, -0.05) is 5.16 Å². The van der Waals surface area contributed by atoms with Crippen molar-refractivity contribution in [1.29, 1.82) is 0 Å². The number of oxime groups is 1. The van der Waals surface area contributed by atoms with E-state index in [9.17, 15) is 4.79 Å². The Hall–Kier alpha value is -0.560. The Morgan fingerprint density at radius 1 is 1.44 bits per heavy atom. The number of thioether (sulfide) groups is 2. The zero-order chi connectivity index (χ0) is 13.6. The number of likely N-dealkylation sites (tertiary alicyclic amines) is 1. The van der Waals surface area contributed by atoms with Crippen LogP contribution < -0.4 is 5.73 Å². The molecule has 0 aliphatic carbocycles. The zero-order valence-corrected chi connectivity index (χ0v) is 12.5. The summed E-state index contributed by atoms with van der Waals surface area (Å²) in [5, 5.41) is 12.0. The molecule has 104 valence electrons. The van der Waals surface area contributed by atoms with Crippen LogP contribution >= 0.6 is 23.5 Å². The predicted octanol–water partition coefficient (Wildman–Crippen LogP) is 1.21. The highest BCUT2D eigenvalue weighted by Crippen LogP contribution is 2.34. The van der Waals surface area contributed by atoms with E-state index in [1.165, 1.54) is 0 Å². The van der Waals surface area contributed by atoms with Gasteiger partial charge in [0.1, 0.15) is 0 Å². The van der Waals surface area contributed by atoms with Crippen molar-refractivity contribution in [3.8, 4) is 0 Å². The van der Waals surface area contributed by atoms with Crippen LogP contribution in [0.5, 0.6) is 0 Å². The summed E-state index contributed by atoms with van der Waals surface area (Å²) in [6.07, 6.45) is 6.05. The van der Waals surface area contributed by atoms with Gasteiger partial charge >= 0.3 is 0 Å². The number of hydrogen-bond acceptors (Lipinski definition) is 5. The Bertz CT molecular complexity index is 315. The van der Waals surface area contributed by atoms with Crippen molar-refractivity contribution in [2.24, 2.45) is 10.9 Å².